The van der Waals surface area contributed by atoms with Gasteiger partial charge in [0.25, 0.3) is 0 Å². The summed E-state index contributed by atoms with van der Waals surface area (Å²) in [5.74, 6) is 0.576. The summed E-state index contributed by atoms with van der Waals surface area (Å²) in [6, 6.07) is 8.00. The van der Waals surface area contributed by atoms with Crippen LogP contribution in [0.2, 0.25) is 0 Å². The van der Waals surface area contributed by atoms with Crippen LogP contribution in [-0.4, -0.2) is 17.0 Å². The molecule has 0 aromatic heterocycles. The molecule has 4 atom stereocenters. The smallest absolute Gasteiger partial charge is 0.161 e. The molecule has 2 aliphatic carbocycles. The molecule has 1 N–H and O–H groups in total. The van der Waals surface area contributed by atoms with Crippen LogP contribution in [0, 0.1) is 17.3 Å². The van der Waals surface area contributed by atoms with Crippen molar-refractivity contribution in [3.63, 3.8) is 0 Å². The lowest BCUT2D eigenvalue weighted by molar-refractivity contribution is -0.133. The predicted octanol–water partition coefficient (Wildman–Crippen LogP) is 4.61. The molecule has 2 aliphatic rings. The Morgan fingerprint density at radius 3 is 2.86 bits per heavy atom. The Bertz CT molecular complexity index is 622. The van der Waals surface area contributed by atoms with E-state index in [1.807, 2.05) is 37.3 Å². The number of hydrogen-bond donors (Lipinski definition) is 1. The number of halogens is 1. The molecule has 0 saturated heterocycles. The summed E-state index contributed by atoms with van der Waals surface area (Å²) >= 11 is 3.48. The van der Waals surface area contributed by atoms with Crippen LogP contribution in [0.15, 0.2) is 34.3 Å². The summed E-state index contributed by atoms with van der Waals surface area (Å²) in [6.07, 6.45) is 5.35. The van der Waals surface area contributed by atoms with Gasteiger partial charge in [0.1, 0.15) is 0 Å². The molecule has 3 heteroatoms. The molecule has 118 valence electrons. The number of benzene rings is 1. The average molecular weight is 363 g/mol. The Hall–Kier alpha value is -0.930. The van der Waals surface area contributed by atoms with E-state index in [1.54, 1.807) is 0 Å². The Balaban J connectivity index is 1.97. The highest BCUT2D eigenvalue weighted by Gasteiger charge is 2.51. The van der Waals surface area contributed by atoms with E-state index >= 15 is 0 Å². The van der Waals surface area contributed by atoms with E-state index < -0.39 is 0 Å². The number of carbonyl (C=O) groups excluding carboxylic acids is 1. The highest BCUT2D eigenvalue weighted by molar-refractivity contribution is 9.10. The maximum atomic E-state index is 12.8. The second kappa shape index (κ2) is 5.93. The van der Waals surface area contributed by atoms with Gasteiger partial charge in [0, 0.05) is 15.8 Å². The fourth-order valence-electron chi connectivity index (χ4n) is 4.40. The molecule has 0 heterocycles. The van der Waals surface area contributed by atoms with Gasteiger partial charge in [-0.3, -0.25) is 4.79 Å². The highest BCUT2D eigenvalue weighted by Crippen LogP contribution is 2.53. The van der Waals surface area contributed by atoms with Crippen molar-refractivity contribution < 1.29 is 9.90 Å². The first-order valence-electron chi connectivity index (χ1n) is 8.10. The van der Waals surface area contributed by atoms with Gasteiger partial charge in [-0.05, 0) is 54.5 Å². The molecule has 2 unspecified atom stereocenters. The van der Waals surface area contributed by atoms with Gasteiger partial charge in [-0.2, -0.15) is 0 Å². The van der Waals surface area contributed by atoms with Crippen LogP contribution in [0.3, 0.4) is 0 Å². The van der Waals surface area contributed by atoms with Crippen LogP contribution >= 0.6 is 15.9 Å². The van der Waals surface area contributed by atoms with Crippen molar-refractivity contribution in [3.8, 4) is 0 Å². The van der Waals surface area contributed by atoms with Crippen molar-refractivity contribution in [3.05, 3.63) is 39.9 Å². The molecular weight excluding hydrogens is 340 g/mol. The van der Waals surface area contributed by atoms with E-state index in [1.165, 1.54) is 0 Å². The zero-order valence-electron chi connectivity index (χ0n) is 13.2. The van der Waals surface area contributed by atoms with Crippen molar-refractivity contribution in [1.29, 1.82) is 0 Å². The summed E-state index contributed by atoms with van der Waals surface area (Å²) in [6.45, 7) is 4.20. The van der Waals surface area contributed by atoms with Crippen LogP contribution < -0.4 is 0 Å². The third kappa shape index (κ3) is 2.69. The molecular formula is C19H23BrO2. The van der Waals surface area contributed by atoms with E-state index in [4.69, 9.17) is 0 Å². The van der Waals surface area contributed by atoms with Gasteiger partial charge >= 0.3 is 0 Å². The second-order valence-electron chi connectivity index (χ2n) is 7.11. The monoisotopic (exact) mass is 362 g/mol. The van der Waals surface area contributed by atoms with Crippen LogP contribution in [0.25, 0.3) is 6.08 Å². The number of carbonyl (C=O) groups is 1. The van der Waals surface area contributed by atoms with E-state index in [0.29, 0.717) is 12.3 Å². The molecule has 0 spiro atoms. The summed E-state index contributed by atoms with van der Waals surface area (Å²) in [5, 5.41) is 10.5. The zero-order valence-corrected chi connectivity index (χ0v) is 14.8. The van der Waals surface area contributed by atoms with E-state index in [2.05, 4.69) is 22.9 Å². The van der Waals surface area contributed by atoms with E-state index in [9.17, 15) is 9.90 Å². The summed E-state index contributed by atoms with van der Waals surface area (Å²) in [7, 11) is 0. The number of Topliss-reactive ketones (excluding diaryl/α,β-unsaturated/α-hetero) is 1. The quantitative estimate of drug-likeness (QED) is 0.740. The molecule has 0 radical (unpaired) electrons. The lowest BCUT2D eigenvalue weighted by atomic mass is 9.54. The fraction of sp³-hybridized carbons (Fsp3) is 0.526. The lowest BCUT2D eigenvalue weighted by Crippen LogP contribution is -2.51. The average Bonchev–Trinajstić information content (AvgIpc) is 2.47. The summed E-state index contributed by atoms with van der Waals surface area (Å²) in [5.41, 5.74) is 1.74. The van der Waals surface area contributed by atoms with Crippen molar-refractivity contribution in [2.24, 2.45) is 17.3 Å². The third-order valence-electron chi connectivity index (χ3n) is 5.70. The Kier molecular flexibility index (Phi) is 4.30. The largest absolute Gasteiger partial charge is 0.393 e. The molecule has 3 rings (SSSR count). The van der Waals surface area contributed by atoms with Gasteiger partial charge in [0.05, 0.1) is 6.10 Å². The lowest BCUT2D eigenvalue weighted by Gasteiger charge is -2.51. The van der Waals surface area contributed by atoms with Gasteiger partial charge in [-0.25, -0.2) is 0 Å². The third-order valence-corrected chi connectivity index (χ3v) is 6.19. The zero-order chi connectivity index (χ0) is 15.9. The Morgan fingerprint density at radius 2 is 2.14 bits per heavy atom. The highest BCUT2D eigenvalue weighted by atomic mass is 79.9. The number of rotatable bonds is 1. The predicted molar refractivity (Wildman–Crippen MR) is 92.4 cm³/mol. The molecule has 22 heavy (non-hydrogen) atoms. The van der Waals surface area contributed by atoms with Gasteiger partial charge in [0.15, 0.2) is 5.78 Å². The van der Waals surface area contributed by atoms with Gasteiger partial charge in [-0.15, -0.1) is 0 Å². The first-order chi connectivity index (χ1) is 10.4. The summed E-state index contributed by atoms with van der Waals surface area (Å²) < 4.78 is 1.01. The number of aliphatic hydroxyl groups is 1. The van der Waals surface area contributed by atoms with E-state index in [-0.39, 0.29) is 23.2 Å². The van der Waals surface area contributed by atoms with Gasteiger partial charge < -0.3 is 5.11 Å². The van der Waals surface area contributed by atoms with Gasteiger partial charge in [0.2, 0.25) is 0 Å². The van der Waals surface area contributed by atoms with Crippen LogP contribution in [0.1, 0.15) is 45.1 Å². The van der Waals surface area contributed by atoms with Gasteiger partial charge in [-0.1, -0.05) is 48.3 Å². The topological polar surface area (TPSA) is 37.3 Å². The number of aliphatic hydroxyl groups excluding tert-OH is 1. The van der Waals surface area contributed by atoms with Crippen LogP contribution in [-0.2, 0) is 4.79 Å². The van der Waals surface area contributed by atoms with E-state index in [0.717, 1.165) is 34.9 Å². The van der Waals surface area contributed by atoms with Crippen molar-refractivity contribution in [2.45, 2.75) is 45.6 Å². The number of ketones is 1. The standard InChI is InChI=1S/C19H23BrO2/c1-12-16-7-4-8-17(21)19(16,2)11-14(18(12)22)9-13-5-3-6-15(20)10-13/h3,5-6,9-10,12,16-17,21H,4,7-8,11H2,1-2H3/t12?,16?,17-,19-/m0/s1. The Labute approximate surface area is 140 Å². The van der Waals surface area contributed by atoms with Crippen molar-refractivity contribution >= 4 is 27.8 Å². The van der Waals surface area contributed by atoms with Crippen molar-refractivity contribution in [1.82, 2.24) is 0 Å². The normalized spacial score (nSPS) is 37.2. The maximum Gasteiger partial charge on any atom is 0.161 e. The minimum absolute atomic E-state index is 0.00658. The number of fused-ring (bicyclic) bond motifs is 1. The SMILES string of the molecule is CC1C(=O)C(=Cc2cccc(Br)c2)C[C@@]2(C)C1CCC[C@@H]2O. The summed E-state index contributed by atoms with van der Waals surface area (Å²) in [4.78, 5) is 12.8. The fourth-order valence-corrected chi connectivity index (χ4v) is 4.82. The van der Waals surface area contributed by atoms with Crippen molar-refractivity contribution in [2.75, 3.05) is 0 Å². The first kappa shape index (κ1) is 15.9. The minimum Gasteiger partial charge on any atom is -0.393 e. The maximum absolute atomic E-state index is 12.8. The molecule has 2 nitrogen and oxygen atoms in total. The molecule has 1 aromatic carbocycles. The van der Waals surface area contributed by atoms with Crippen LogP contribution in [0.4, 0.5) is 0 Å². The Morgan fingerprint density at radius 1 is 1.36 bits per heavy atom. The molecule has 2 fully saturated rings. The minimum atomic E-state index is -0.298. The number of hydrogen-bond acceptors (Lipinski definition) is 2. The molecule has 0 aliphatic heterocycles. The van der Waals surface area contributed by atoms with Crippen LogP contribution in [0.5, 0.6) is 0 Å². The molecule has 0 amide bonds. The second-order valence-corrected chi connectivity index (χ2v) is 8.03. The number of allylic oxidation sites excluding steroid dienone is 1. The molecule has 1 aromatic rings. The molecule has 0 bridgehead atoms. The first-order valence-corrected chi connectivity index (χ1v) is 8.89. The molecule has 2 saturated carbocycles.